The minimum atomic E-state index is 0.541. The van der Waals surface area contributed by atoms with E-state index in [1.807, 2.05) is 0 Å². The van der Waals surface area contributed by atoms with Crippen LogP contribution in [-0.2, 0) is 6.54 Å². The number of rotatable bonds is 3. The second kappa shape index (κ2) is 6.32. The van der Waals surface area contributed by atoms with Gasteiger partial charge in [0.25, 0.3) is 0 Å². The van der Waals surface area contributed by atoms with E-state index in [1.54, 1.807) is 12.3 Å². The van der Waals surface area contributed by atoms with Crippen LogP contribution in [0.3, 0.4) is 0 Å². The largest absolute Gasteiger partial charge is 0.384 e. The van der Waals surface area contributed by atoms with Crippen molar-refractivity contribution in [2.75, 3.05) is 36.8 Å². The lowest BCUT2D eigenvalue weighted by atomic mass is 10.1. The van der Waals surface area contributed by atoms with Gasteiger partial charge in [0.1, 0.15) is 11.6 Å². The van der Waals surface area contributed by atoms with Gasteiger partial charge in [0.15, 0.2) is 0 Å². The number of hydrogen-bond donors (Lipinski definition) is 1. The molecule has 0 saturated carbocycles. The van der Waals surface area contributed by atoms with E-state index in [4.69, 9.17) is 5.73 Å². The van der Waals surface area contributed by atoms with Crippen molar-refractivity contribution >= 4 is 11.5 Å². The first-order valence-corrected chi connectivity index (χ1v) is 7.74. The SMILES string of the molecule is Cc1ccc(C)c(N2CCN(Cc3nccc(N)n3)CC2)c1. The van der Waals surface area contributed by atoms with Gasteiger partial charge >= 0.3 is 0 Å². The van der Waals surface area contributed by atoms with Crippen LogP contribution < -0.4 is 10.6 Å². The number of aryl methyl sites for hydroxylation is 2. The monoisotopic (exact) mass is 297 g/mol. The van der Waals surface area contributed by atoms with E-state index in [-0.39, 0.29) is 0 Å². The van der Waals surface area contributed by atoms with Gasteiger partial charge in [-0.3, -0.25) is 4.90 Å². The summed E-state index contributed by atoms with van der Waals surface area (Å²) in [5.41, 5.74) is 9.74. The van der Waals surface area contributed by atoms with Crippen molar-refractivity contribution in [3.05, 3.63) is 47.4 Å². The molecule has 1 aromatic carbocycles. The van der Waals surface area contributed by atoms with Gasteiger partial charge in [-0.2, -0.15) is 0 Å². The zero-order chi connectivity index (χ0) is 15.5. The molecule has 1 aliphatic heterocycles. The van der Waals surface area contributed by atoms with E-state index in [9.17, 15) is 0 Å². The Morgan fingerprint density at radius 1 is 1.09 bits per heavy atom. The van der Waals surface area contributed by atoms with Crippen molar-refractivity contribution in [2.24, 2.45) is 0 Å². The van der Waals surface area contributed by atoms with Crippen LogP contribution in [0.15, 0.2) is 30.5 Å². The molecule has 1 fully saturated rings. The molecule has 0 unspecified atom stereocenters. The highest BCUT2D eigenvalue weighted by molar-refractivity contribution is 5.55. The maximum absolute atomic E-state index is 5.71. The van der Waals surface area contributed by atoms with E-state index in [0.29, 0.717) is 5.82 Å². The summed E-state index contributed by atoms with van der Waals surface area (Å²) >= 11 is 0. The molecular formula is C17H23N5. The van der Waals surface area contributed by atoms with Crippen molar-refractivity contribution in [3.63, 3.8) is 0 Å². The third kappa shape index (κ3) is 3.36. The van der Waals surface area contributed by atoms with Crippen LogP contribution in [0.5, 0.6) is 0 Å². The van der Waals surface area contributed by atoms with E-state index < -0.39 is 0 Å². The molecule has 0 amide bonds. The quantitative estimate of drug-likeness (QED) is 0.939. The van der Waals surface area contributed by atoms with Crippen LogP contribution in [0.1, 0.15) is 17.0 Å². The van der Waals surface area contributed by atoms with E-state index in [1.165, 1.54) is 16.8 Å². The molecule has 0 bridgehead atoms. The molecular weight excluding hydrogens is 274 g/mol. The van der Waals surface area contributed by atoms with Crippen LogP contribution >= 0.6 is 0 Å². The Balaban J connectivity index is 1.61. The second-order valence-electron chi connectivity index (χ2n) is 5.95. The molecule has 1 aromatic heterocycles. The molecule has 116 valence electrons. The molecule has 2 heterocycles. The normalized spacial score (nSPS) is 16.0. The minimum absolute atomic E-state index is 0.541. The van der Waals surface area contributed by atoms with Crippen molar-refractivity contribution < 1.29 is 0 Å². The number of nitrogens with zero attached hydrogens (tertiary/aromatic N) is 4. The van der Waals surface area contributed by atoms with E-state index >= 15 is 0 Å². The fourth-order valence-electron chi connectivity index (χ4n) is 2.90. The summed E-state index contributed by atoms with van der Waals surface area (Å²) in [5, 5.41) is 0. The predicted molar refractivity (Wildman–Crippen MR) is 89.9 cm³/mol. The van der Waals surface area contributed by atoms with Gasteiger partial charge in [0.05, 0.1) is 6.54 Å². The molecule has 2 N–H and O–H groups in total. The van der Waals surface area contributed by atoms with Gasteiger partial charge in [-0.1, -0.05) is 12.1 Å². The highest BCUT2D eigenvalue weighted by atomic mass is 15.3. The van der Waals surface area contributed by atoms with Gasteiger partial charge < -0.3 is 10.6 Å². The summed E-state index contributed by atoms with van der Waals surface area (Å²) in [5.74, 6) is 1.35. The van der Waals surface area contributed by atoms with Crippen LogP contribution in [0.25, 0.3) is 0 Å². The Hall–Kier alpha value is -2.14. The Morgan fingerprint density at radius 2 is 1.86 bits per heavy atom. The van der Waals surface area contributed by atoms with Crippen LogP contribution in [0.2, 0.25) is 0 Å². The molecule has 0 radical (unpaired) electrons. The standard InChI is InChI=1S/C17H23N5/c1-13-3-4-14(2)15(11-13)22-9-7-21(8-10-22)12-17-19-6-5-16(18)20-17/h3-6,11H,7-10,12H2,1-2H3,(H2,18,19,20). The van der Waals surface area contributed by atoms with Gasteiger partial charge in [0, 0.05) is 38.1 Å². The number of benzene rings is 1. The van der Waals surface area contributed by atoms with E-state index in [2.05, 4.69) is 51.8 Å². The topological polar surface area (TPSA) is 58.3 Å². The van der Waals surface area contributed by atoms with Crippen LogP contribution in [0.4, 0.5) is 11.5 Å². The average molecular weight is 297 g/mol. The summed E-state index contributed by atoms with van der Waals surface area (Å²) in [7, 11) is 0. The summed E-state index contributed by atoms with van der Waals surface area (Å²) in [6.07, 6.45) is 1.73. The third-order valence-corrected chi connectivity index (χ3v) is 4.17. The summed E-state index contributed by atoms with van der Waals surface area (Å²) in [6, 6.07) is 8.39. The summed E-state index contributed by atoms with van der Waals surface area (Å²) < 4.78 is 0. The second-order valence-corrected chi connectivity index (χ2v) is 5.95. The molecule has 0 spiro atoms. The third-order valence-electron chi connectivity index (χ3n) is 4.17. The molecule has 1 saturated heterocycles. The summed E-state index contributed by atoms with van der Waals surface area (Å²) in [4.78, 5) is 13.4. The maximum atomic E-state index is 5.71. The smallest absolute Gasteiger partial charge is 0.144 e. The van der Waals surface area contributed by atoms with E-state index in [0.717, 1.165) is 38.5 Å². The maximum Gasteiger partial charge on any atom is 0.144 e. The molecule has 1 aliphatic rings. The molecule has 0 atom stereocenters. The minimum Gasteiger partial charge on any atom is -0.384 e. The number of nitrogens with two attached hydrogens (primary N) is 1. The first kappa shape index (κ1) is 14.8. The summed E-state index contributed by atoms with van der Waals surface area (Å²) in [6.45, 7) is 9.21. The van der Waals surface area contributed by atoms with Crippen molar-refractivity contribution in [1.82, 2.24) is 14.9 Å². The Bertz CT molecular complexity index is 647. The first-order valence-electron chi connectivity index (χ1n) is 7.74. The van der Waals surface area contributed by atoms with Crippen molar-refractivity contribution in [2.45, 2.75) is 20.4 Å². The Kier molecular flexibility index (Phi) is 4.24. The first-order chi connectivity index (χ1) is 10.6. The van der Waals surface area contributed by atoms with Crippen molar-refractivity contribution in [1.29, 1.82) is 0 Å². The lowest BCUT2D eigenvalue weighted by Gasteiger charge is -2.36. The fraction of sp³-hybridized carbons (Fsp3) is 0.412. The highest BCUT2D eigenvalue weighted by Gasteiger charge is 2.19. The zero-order valence-electron chi connectivity index (χ0n) is 13.3. The van der Waals surface area contributed by atoms with Gasteiger partial charge in [-0.15, -0.1) is 0 Å². The Labute approximate surface area is 131 Å². The number of piperazine rings is 1. The zero-order valence-corrected chi connectivity index (χ0v) is 13.3. The molecule has 3 rings (SSSR count). The van der Waals surface area contributed by atoms with Crippen LogP contribution in [-0.4, -0.2) is 41.0 Å². The van der Waals surface area contributed by atoms with Crippen molar-refractivity contribution in [3.8, 4) is 0 Å². The lowest BCUT2D eigenvalue weighted by Crippen LogP contribution is -2.46. The molecule has 0 aliphatic carbocycles. The molecule has 2 aromatic rings. The number of aromatic nitrogens is 2. The number of anilines is 2. The number of hydrogen-bond acceptors (Lipinski definition) is 5. The average Bonchev–Trinajstić information content (AvgIpc) is 2.51. The van der Waals surface area contributed by atoms with Gasteiger partial charge in [-0.25, -0.2) is 9.97 Å². The fourth-order valence-corrected chi connectivity index (χ4v) is 2.90. The number of nitrogen functional groups attached to an aromatic ring is 1. The molecule has 5 heteroatoms. The van der Waals surface area contributed by atoms with Gasteiger partial charge in [0.2, 0.25) is 0 Å². The Morgan fingerprint density at radius 3 is 2.59 bits per heavy atom. The molecule has 22 heavy (non-hydrogen) atoms. The van der Waals surface area contributed by atoms with Crippen LogP contribution in [0, 0.1) is 13.8 Å². The highest BCUT2D eigenvalue weighted by Crippen LogP contribution is 2.23. The lowest BCUT2D eigenvalue weighted by molar-refractivity contribution is 0.244. The van der Waals surface area contributed by atoms with Gasteiger partial charge in [-0.05, 0) is 37.1 Å². The molecule has 5 nitrogen and oxygen atoms in total. The predicted octanol–water partition coefficient (Wildman–Crippen LogP) is 2.00.